The Morgan fingerprint density at radius 2 is 1.77 bits per heavy atom. The normalized spacial score (nSPS) is 20.0. The smallest absolute Gasteiger partial charge is 0.243 e. The summed E-state index contributed by atoms with van der Waals surface area (Å²) in [5.41, 5.74) is 1.95. The molecule has 6 heteroatoms. The van der Waals surface area contributed by atoms with E-state index >= 15 is 0 Å². The average Bonchev–Trinajstić information content (AvgIpc) is 3.25. The summed E-state index contributed by atoms with van der Waals surface area (Å²) in [6, 6.07) is 3.90. The molecule has 22 heavy (non-hydrogen) atoms. The Kier molecular flexibility index (Phi) is 4.00. The molecule has 0 bridgehead atoms. The van der Waals surface area contributed by atoms with Gasteiger partial charge in [-0.25, -0.2) is 13.8 Å². The van der Waals surface area contributed by atoms with Crippen LogP contribution in [0.5, 0.6) is 0 Å². The fraction of sp³-hybridized carbons (Fsp3) is 0.438. The van der Waals surface area contributed by atoms with Crippen LogP contribution in [0.3, 0.4) is 0 Å². The van der Waals surface area contributed by atoms with Crippen LogP contribution in [-0.4, -0.2) is 21.2 Å². The molecular weight excluding hydrogens is 286 g/mol. The summed E-state index contributed by atoms with van der Waals surface area (Å²) in [5.74, 6) is -0.744. The zero-order valence-electron chi connectivity index (χ0n) is 12.6. The van der Waals surface area contributed by atoms with Crippen molar-refractivity contribution < 1.29 is 8.78 Å². The number of halogens is 2. The zero-order valence-corrected chi connectivity index (χ0v) is 12.6. The number of benzene rings is 1. The van der Waals surface area contributed by atoms with Crippen LogP contribution in [-0.2, 0) is 12.8 Å². The lowest BCUT2D eigenvalue weighted by Gasteiger charge is -2.08. The molecule has 3 rings (SSSR count). The summed E-state index contributed by atoms with van der Waals surface area (Å²) in [6.07, 6.45) is 2.23. The summed E-state index contributed by atoms with van der Waals surface area (Å²) in [6.45, 7) is 4.03. The van der Waals surface area contributed by atoms with Crippen molar-refractivity contribution >= 4 is 5.95 Å². The predicted molar refractivity (Wildman–Crippen MR) is 79.7 cm³/mol. The van der Waals surface area contributed by atoms with Gasteiger partial charge in [-0.2, -0.15) is 5.10 Å². The van der Waals surface area contributed by atoms with Crippen LogP contribution in [0.15, 0.2) is 18.2 Å². The first-order chi connectivity index (χ1) is 10.6. The van der Waals surface area contributed by atoms with Gasteiger partial charge in [0.05, 0.1) is 11.4 Å². The third kappa shape index (κ3) is 2.77. The highest BCUT2D eigenvalue weighted by molar-refractivity contribution is 5.38. The molecule has 0 radical (unpaired) electrons. The van der Waals surface area contributed by atoms with Gasteiger partial charge in [0.1, 0.15) is 11.6 Å². The third-order valence-corrected chi connectivity index (χ3v) is 3.98. The SMILES string of the molecule is CCc1nnc(NC2CC2c2c(F)cccc2F)nc1CC. The molecule has 2 unspecified atom stereocenters. The van der Waals surface area contributed by atoms with E-state index in [2.05, 4.69) is 20.5 Å². The minimum atomic E-state index is -0.496. The summed E-state index contributed by atoms with van der Waals surface area (Å²) >= 11 is 0. The minimum Gasteiger partial charge on any atom is -0.350 e. The van der Waals surface area contributed by atoms with Crippen molar-refractivity contribution in [1.29, 1.82) is 0 Å². The Morgan fingerprint density at radius 1 is 1.09 bits per heavy atom. The van der Waals surface area contributed by atoms with Crippen molar-refractivity contribution in [3.63, 3.8) is 0 Å². The molecule has 4 nitrogen and oxygen atoms in total. The highest BCUT2D eigenvalue weighted by Crippen LogP contribution is 2.44. The molecular formula is C16H18F2N4. The lowest BCUT2D eigenvalue weighted by atomic mass is 10.1. The highest BCUT2D eigenvalue weighted by Gasteiger charge is 2.42. The first-order valence-electron chi connectivity index (χ1n) is 7.56. The largest absolute Gasteiger partial charge is 0.350 e. The molecule has 1 aromatic heterocycles. The molecule has 1 aliphatic carbocycles. The van der Waals surface area contributed by atoms with Gasteiger partial charge in [0.15, 0.2) is 0 Å². The van der Waals surface area contributed by atoms with E-state index in [1.165, 1.54) is 18.2 Å². The standard InChI is InChI=1S/C16H18F2N4/c1-3-12-13(4-2)21-22-16(19-12)20-14-8-9(14)15-10(17)6-5-7-11(15)18/h5-7,9,14H,3-4,8H2,1-2H3,(H,19,20,22). The molecule has 1 saturated carbocycles. The number of anilines is 1. The van der Waals surface area contributed by atoms with Crippen molar-refractivity contribution in [2.75, 3.05) is 5.32 Å². The number of nitrogens with one attached hydrogen (secondary N) is 1. The monoisotopic (exact) mass is 304 g/mol. The van der Waals surface area contributed by atoms with Crippen LogP contribution in [0, 0.1) is 11.6 Å². The molecule has 1 heterocycles. The summed E-state index contributed by atoms with van der Waals surface area (Å²) in [5, 5.41) is 11.3. The molecule has 1 fully saturated rings. The predicted octanol–water partition coefficient (Wildman–Crippen LogP) is 3.24. The van der Waals surface area contributed by atoms with E-state index in [0.29, 0.717) is 12.4 Å². The summed E-state index contributed by atoms with van der Waals surface area (Å²) in [4.78, 5) is 4.44. The Bertz CT molecular complexity index is 670. The van der Waals surface area contributed by atoms with Crippen molar-refractivity contribution in [2.24, 2.45) is 0 Å². The van der Waals surface area contributed by atoms with Gasteiger partial charge in [0.2, 0.25) is 5.95 Å². The van der Waals surface area contributed by atoms with Crippen LogP contribution >= 0.6 is 0 Å². The van der Waals surface area contributed by atoms with Crippen LogP contribution in [0.2, 0.25) is 0 Å². The Labute approximate surface area is 128 Å². The molecule has 0 spiro atoms. The molecule has 0 aliphatic heterocycles. The summed E-state index contributed by atoms with van der Waals surface area (Å²) in [7, 11) is 0. The van der Waals surface area contributed by atoms with Gasteiger partial charge < -0.3 is 5.32 Å². The lowest BCUT2D eigenvalue weighted by Crippen LogP contribution is -2.12. The van der Waals surface area contributed by atoms with E-state index in [9.17, 15) is 8.78 Å². The number of nitrogens with zero attached hydrogens (tertiary/aromatic N) is 3. The average molecular weight is 304 g/mol. The molecule has 1 N–H and O–H groups in total. The third-order valence-electron chi connectivity index (χ3n) is 3.98. The van der Waals surface area contributed by atoms with Crippen LogP contribution in [0.25, 0.3) is 0 Å². The Hall–Kier alpha value is -2.11. The van der Waals surface area contributed by atoms with E-state index < -0.39 is 11.6 Å². The summed E-state index contributed by atoms with van der Waals surface area (Å²) < 4.78 is 27.5. The Morgan fingerprint density at radius 3 is 2.41 bits per heavy atom. The van der Waals surface area contributed by atoms with Gasteiger partial charge in [-0.1, -0.05) is 19.9 Å². The maximum atomic E-state index is 13.8. The maximum absolute atomic E-state index is 13.8. The second kappa shape index (κ2) is 5.94. The number of hydrogen-bond acceptors (Lipinski definition) is 4. The van der Waals surface area contributed by atoms with Crippen molar-refractivity contribution in [2.45, 2.75) is 45.1 Å². The van der Waals surface area contributed by atoms with Gasteiger partial charge >= 0.3 is 0 Å². The molecule has 1 aromatic carbocycles. The number of aromatic nitrogens is 3. The molecule has 0 amide bonds. The minimum absolute atomic E-state index is 0.0506. The quantitative estimate of drug-likeness (QED) is 0.921. The second-order valence-electron chi connectivity index (χ2n) is 5.46. The topological polar surface area (TPSA) is 50.7 Å². The lowest BCUT2D eigenvalue weighted by molar-refractivity contribution is 0.556. The fourth-order valence-electron chi connectivity index (χ4n) is 2.70. The molecule has 2 aromatic rings. The highest BCUT2D eigenvalue weighted by atomic mass is 19.1. The second-order valence-corrected chi connectivity index (χ2v) is 5.46. The first-order valence-corrected chi connectivity index (χ1v) is 7.56. The van der Waals surface area contributed by atoms with Gasteiger partial charge in [-0.15, -0.1) is 5.10 Å². The van der Waals surface area contributed by atoms with Crippen LogP contribution in [0.4, 0.5) is 14.7 Å². The van der Waals surface area contributed by atoms with Crippen molar-refractivity contribution in [3.05, 3.63) is 46.8 Å². The van der Waals surface area contributed by atoms with E-state index in [4.69, 9.17) is 0 Å². The molecule has 0 saturated heterocycles. The van der Waals surface area contributed by atoms with Gasteiger partial charge in [-0.3, -0.25) is 0 Å². The van der Waals surface area contributed by atoms with Crippen LogP contribution in [0.1, 0.15) is 43.1 Å². The number of aryl methyl sites for hydroxylation is 2. The van der Waals surface area contributed by atoms with E-state index in [0.717, 1.165) is 24.2 Å². The molecule has 2 atom stereocenters. The first kappa shape index (κ1) is 14.8. The van der Waals surface area contributed by atoms with Crippen molar-refractivity contribution in [3.8, 4) is 0 Å². The fourth-order valence-corrected chi connectivity index (χ4v) is 2.70. The van der Waals surface area contributed by atoms with Gasteiger partial charge in [0, 0.05) is 17.5 Å². The van der Waals surface area contributed by atoms with E-state index in [1.54, 1.807) is 0 Å². The molecule has 1 aliphatic rings. The van der Waals surface area contributed by atoms with Crippen molar-refractivity contribution in [1.82, 2.24) is 15.2 Å². The van der Waals surface area contributed by atoms with E-state index in [-0.39, 0.29) is 17.5 Å². The van der Waals surface area contributed by atoms with Crippen LogP contribution < -0.4 is 5.32 Å². The van der Waals surface area contributed by atoms with E-state index in [1.807, 2.05) is 13.8 Å². The number of rotatable bonds is 5. The maximum Gasteiger partial charge on any atom is 0.243 e. The molecule has 116 valence electrons. The number of hydrogen-bond donors (Lipinski definition) is 1. The Balaban J connectivity index is 1.74. The van der Waals surface area contributed by atoms with Gasteiger partial charge in [-0.05, 0) is 31.4 Å². The zero-order chi connectivity index (χ0) is 15.7. The van der Waals surface area contributed by atoms with Gasteiger partial charge in [0.25, 0.3) is 0 Å².